The summed E-state index contributed by atoms with van der Waals surface area (Å²) in [5.41, 5.74) is 2.49. The van der Waals surface area contributed by atoms with Crippen LogP contribution in [-0.2, 0) is 6.54 Å². The van der Waals surface area contributed by atoms with E-state index in [1.54, 1.807) is 0 Å². The molecule has 0 aliphatic heterocycles. The van der Waals surface area contributed by atoms with Crippen LogP contribution in [0.4, 0.5) is 0 Å². The molecule has 1 heteroatoms. The van der Waals surface area contributed by atoms with Crippen molar-refractivity contribution in [1.82, 2.24) is 4.90 Å². The average molecular weight is 176 g/mol. The monoisotopic (exact) mass is 176 g/mol. The molecule has 0 aliphatic carbocycles. The molecule has 1 radical (unpaired) electrons. The van der Waals surface area contributed by atoms with Gasteiger partial charge in [0.2, 0.25) is 0 Å². The highest BCUT2D eigenvalue weighted by atomic mass is 15.1. The Morgan fingerprint density at radius 3 is 2.31 bits per heavy atom. The predicted molar refractivity (Wildman–Crippen MR) is 57.5 cm³/mol. The van der Waals surface area contributed by atoms with Gasteiger partial charge in [0, 0.05) is 6.54 Å². The van der Waals surface area contributed by atoms with Crippen molar-refractivity contribution < 1.29 is 0 Å². The second-order valence-corrected chi connectivity index (χ2v) is 3.23. The van der Waals surface area contributed by atoms with Crippen molar-refractivity contribution >= 4 is 0 Å². The fraction of sp³-hybridized carbons (Fsp3) is 0.417. The van der Waals surface area contributed by atoms with Crippen molar-refractivity contribution in [2.24, 2.45) is 0 Å². The number of hydrogen-bond acceptors (Lipinski definition) is 1. The Morgan fingerprint density at radius 2 is 1.77 bits per heavy atom. The zero-order valence-corrected chi connectivity index (χ0v) is 8.59. The summed E-state index contributed by atoms with van der Waals surface area (Å²) in [5.74, 6) is 0. The van der Waals surface area contributed by atoms with Gasteiger partial charge in [-0.15, -0.1) is 0 Å². The largest absolute Gasteiger partial charge is 0.300 e. The van der Waals surface area contributed by atoms with E-state index in [9.17, 15) is 0 Å². The summed E-state index contributed by atoms with van der Waals surface area (Å²) in [5, 5.41) is 0. The van der Waals surface area contributed by atoms with E-state index >= 15 is 0 Å². The maximum absolute atomic E-state index is 4.02. The zero-order valence-electron chi connectivity index (χ0n) is 8.59. The van der Waals surface area contributed by atoms with E-state index in [0.717, 1.165) is 25.2 Å². The maximum atomic E-state index is 4.02. The van der Waals surface area contributed by atoms with Gasteiger partial charge in [-0.3, -0.25) is 4.90 Å². The summed E-state index contributed by atoms with van der Waals surface area (Å²) in [6.07, 6.45) is 0. The van der Waals surface area contributed by atoms with Gasteiger partial charge in [-0.2, -0.15) is 0 Å². The summed E-state index contributed by atoms with van der Waals surface area (Å²) in [4.78, 5) is 2.39. The molecule has 0 aliphatic rings. The minimum atomic E-state index is 1.02. The molecule has 1 rings (SSSR count). The van der Waals surface area contributed by atoms with Crippen LogP contribution in [0.3, 0.4) is 0 Å². The lowest BCUT2D eigenvalue weighted by atomic mass is 10.1. The molecule has 1 aromatic carbocycles. The van der Waals surface area contributed by atoms with Crippen LogP contribution in [-0.4, -0.2) is 18.0 Å². The van der Waals surface area contributed by atoms with Crippen LogP contribution < -0.4 is 0 Å². The van der Waals surface area contributed by atoms with E-state index in [0.29, 0.717) is 0 Å². The van der Waals surface area contributed by atoms with Gasteiger partial charge in [-0.05, 0) is 31.1 Å². The molecule has 0 unspecified atom stereocenters. The Hall–Kier alpha value is -0.820. The van der Waals surface area contributed by atoms with Crippen LogP contribution in [0.15, 0.2) is 24.3 Å². The molecule has 0 atom stereocenters. The molecule has 0 saturated carbocycles. The molecular formula is C12H18N. The average Bonchev–Trinajstić information content (AvgIpc) is 2.17. The molecule has 0 amide bonds. The second kappa shape index (κ2) is 5.03. The molecule has 0 spiro atoms. The summed E-state index contributed by atoms with van der Waals surface area (Å²) in [6, 6.07) is 8.33. The molecule has 0 N–H and O–H groups in total. The fourth-order valence-electron chi connectivity index (χ4n) is 1.40. The van der Waals surface area contributed by atoms with E-state index in [-0.39, 0.29) is 0 Å². The number of benzene rings is 1. The van der Waals surface area contributed by atoms with E-state index < -0.39 is 0 Å². The topological polar surface area (TPSA) is 3.24 Å². The van der Waals surface area contributed by atoms with Crippen molar-refractivity contribution in [1.29, 1.82) is 0 Å². The van der Waals surface area contributed by atoms with Crippen LogP contribution in [0.5, 0.6) is 0 Å². The van der Waals surface area contributed by atoms with E-state index in [2.05, 4.69) is 43.9 Å². The van der Waals surface area contributed by atoms with Gasteiger partial charge in [-0.25, -0.2) is 0 Å². The Morgan fingerprint density at radius 1 is 1.15 bits per heavy atom. The molecule has 0 saturated heterocycles. The quantitative estimate of drug-likeness (QED) is 0.682. The normalized spacial score (nSPS) is 10.8. The summed E-state index contributed by atoms with van der Waals surface area (Å²) >= 11 is 0. The molecule has 0 heterocycles. The van der Waals surface area contributed by atoms with Crippen molar-refractivity contribution in [3.05, 3.63) is 42.3 Å². The van der Waals surface area contributed by atoms with Crippen LogP contribution in [0.25, 0.3) is 0 Å². The van der Waals surface area contributed by atoms with E-state index in [1.807, 2.05) is 6.07 Å². The van der Waals surface area contributed by atoms with Gasteiger partial charge in [0.15, 0.2) is 0 Å². The molecule has 1 aromatic rings. The first-order valence-corrected chi connectivity index (χ1v) is 4.90. The molecule has 71 valence electrons. The Balaban J connectivity index is 2.67. The fourth-order valence-corrected chi connectivity index (χ4v) is 1.40. The third kappa shape index (κ3) is 2.85. The van der Waals surface area contributed by atoms with E-state index in [1.165, 1.54) is 5.56 Å². The van der Waals surface area contributed by atoms with Crippen LogP contribution in [0, 0.1) is 6.92 Å². The van der Waals surface area contributed by atoms with Gasteiger partial charge >= 0.3 is 0 Å². The lowest BCUT2D eigenvalue weighted by Gasteiger charge is -2.18. The van der Waals surface area contributed by atoms with Gasteiger partial charge in [0.1, 0.15) is 0 Å². The third-order valence-electron chi connectivity index (χ3n) is 2.41. The summed E-state index contributed by atoms with van der Waals surface area (Å²) in [7, 11) is 0. The third-order valence-corrected chi connectivity index (χ3v) is 2.41. The number of nitrogens with zero attached hydrogens (tertiary/aromatic N) is 1. The maximum Gasteiger partial charge on any atom is 0.0236 e. The highest BCUT2D eigenvalue weighted by molar-refractivity contribution is 5.29. The highest BCUT2D eigenvalue weighted by Gasteiger charge is 2.02. The van der Waals surface area contributed by atoms with Crippen LogP contribution in [0.2, 0.25) is 0 Å². The summed E-state index contributed by atoms with van der Waals surface area (Å²) < 4.78 is 0. The SMILES string of the molecule is [CH2]c1ccccc1CN(CC)CC. The molecule has 13 heavy (non-hydrogen) atoms. The first-order chi connectivity index (χ1) is 6.27. The van der Waals surface area contributed by atoms with Gasteiger partial charge in [0.05, 0.1) is 0 Å². The van der Waals surface area contributed by atoms with Crippen molar-refractivity contribution in [3.63, 3.8) is 0 Å². The van der Waals surface area contributed by atoms with Gasteiger partial charge in [0.25, 0.3) is 0 Å². The van der Waals surface area contributed by atoms with Crippen LogP contribution >= 0.6 is 0 Å². The van der Waals surface area contributed by atoms with Gasteiger partial charge < -0.3 is 0 Å². The first kappa shape index (κ1) is 10.3. The van der Waals surface area contributed by atoms with Crippen molar-refractivity contribution in [2.45, 2.75) is 20.4 Å². The number of hydrogen-bond donors (Lipinski definition) is 0. The Kier molecular flexibility index (Phi) is 3.97. The standard InChI is InChI=1S/C12H18N/c1-4-13(5-2)10-12-9-7-6-8-11(12)3/h6-9H,3-5,10H2,1-2H3. The van der Waals surface area contributed by atoms with Gasteiger partial charge in [-0.1, -0.05) is 38.1 Å². The number of rotatable bonds is 4. The van der Waals surface area contributed by atoms with Crippen LogP contribution in [0.1, 0.15) is 25.0 Å². The molecule has 0 fully saturated rings. The molecule has 1 nitrogen and oxygen atoms in total. The lowest BCUT2D eigenvalue weighted by Crippen LogP contribution is -2.22. The smallest absolute Gasteiger partial charge is 0.0236 e. The first-order valence-electron chi connectivity index (χ1n) is 4.90. The second-order valence-electron chi connectivity index (χ2n) is 3.23. The highest BCUT2D eigenvalue weighted by Crippen LogP contribution is 2.09. The zero-order chi connectivity index (χ0) is 9.68. The summed E-state index contributed by atoms with van der Waals surface area (Å²) in [6.45, 7) is 11.6. The van der Waals surface area contributed by atoms with Crippen molar-refractivity contribution in [3.8, 4) is 0 Å². The molecule has 0 aromatic heterocycles. The molecular weight excluding hydrogens is 158 g/mol. The predicted octanol–water partition coefficient (Wildman–Crippen LogP) is 2.71. The van der Waals surface area contributed by atoms with Crippen molar-refractivity contribution in [2.75, 3.05) is 13.1 Å². The minimum Gasteiger partial charge on any atom is -0.300 e. The van der Waals surface area contributed by atoms with E-state index in [4.69, 9.17) is 0 Å². The Labute approximate surface area is 81.4 Å². The Bertz CT molecular complexity index is 251. The lowest BCUT2D eigenvalue weighted by molar-refractivity contribution is 0.295. The minimum absolute atomic E-state index is 1.02. The molecule has 0 bridgehead atoms.